The van der Waals surface area contributed by atoms with Crippen molar-refractivity contribution in [1.29, 1.82) is 0 Å². The van der Waals surface area contributed by atoms with Gasteiger partial charge in [0.15, 0.2) is 0 Å². The van der Waals surface area contributed by atoms with Gasteiger partial charge < -0.3 is 9.64 Å². The Kier molecular flexibility index (Phi) is 5.50. The Balaban J connectivity index is 2.25. The molecule has 1 aromatic heterocycles. The van der Waals surface area contributed by atoms with Crippen molar-refractivity contribution in [2.75, 3.05) is 19.1 Å². The predicted octanol–water partition coefficient (Wildman–Crippen LogP) is 2.88. The molecule has 0 aliphatic rings. The Hall–Kier alpha value is -2.21. The minimum absolute atomic E-state index is 0.0406. The normalized spacial score (nSPS) is 12.0. The molecule has 0 saturated heterocycles. The molecule has 1 aromatic carbocycles. The Morgan fingerprint density at radius 3 is 2.43 bits per heavy atom. The zero-order valence-electron chi connectivity index (χ0n) is 13.6. The molecule has 0 bridgehead atoms. The monoisotopic (exact) mass is 332 g/mol. The molecule has 0 fully saturated rings. The molecule has 0 saturated carbocycles. The van der Waals surface area contributed by atoms with E-state index in [9.17, 15) is 9.00 Å². The van der Waals surface area contributed by atoms with Crippen LogP contribution in [0.15, 0.2) is 47.5 Å². The molecule has 0 aliphatic carbocycles. The quantitative estimate of drug-likeness (QED) is 0.845. The number of carbonyl (C=O) groups is 1. The van der Waals surface area contributed by atoms with Crippen LogP contribution in [0.5, 0.6) is 5.88 Å². The summed E-state index contributed by atoms with van der Waals surface area (Å²) >= 11 is 0. The Labute approximate surface area is 138 Å². The van der Waals surface area contributed by atoms with E-state index in [1.54, 1.807) is 49.6 Å². The smallest absolute Gasteiger partial charge is 0.258 e. The minimum Gasteiger partial charge on any atom is -0.480 e. The van der Waals surface area contributed by atoms with Crippen molar-refractivity contribution >= 4 is 22.4 Å². The van der Waals surface area contributed by atoms with Crippen molar-refractivity contribution in [3.8, 4) is 5.88 Å². The number of nitrogens with zero attached hydrogens (tertiary/aromatic N) is 2. The molecule has 1 heterocycles. The molecule has 0 aliphatic heterocycles. The number of pyridine rings is 1. The SMILES string of the molecule is COc1ncccc1N(C)C(=O)c1ccc(S(=O)C(C)C)cc1. The largest absolute Gasteiger partial charge is 0.480 e. The van der Waals surface area contributed by atoms with Crippen LogP contribution in [0.3, 0.4) is 0 Å². The number of hydrogen-bond donors (Lipinski definition) is 0. The van der Waals surface area contributed by atoms with Gasteiger partial charge >= 0.3 is 0 Å². The molecule has 1 atom stereocenters. The number of carbonyl (C=O) groups excluding carboxylic acids is 1. The number of hydrogen-bond acceptors (Lipinski definition) is 4. The van der Waals surface area contributed by atoms with Crippen molar-refractivity contribution in [3.63, 3.8) is 0 Å². The molecule has 0 N–H and O–H groups in total. The highest BCUT2D eigenvalue weighted by molar-refractivity contribution is 7.85. The van der Waals surface area contributed by atoms with Gasteiger partial charge in [-0.25, -0.2) is 4.98 Å². The number of amides is 1. The Morgan fingerprint density at radius 2 is 1.87 bits per heavy atom. The van der Waals surface area contributed by atoms with Crippen LogP contribution in [0.4, 0.5) is 5.69 Å². The van der Waals surface area contributed by atoms with Crippen LogP contribution in [0, 0.1) is 0 Å². The first-order valence-electron chi connectivity index (χ1n) is 7.23. The highest BCUT2D eigenvalue weighted by Crippen LogP contribution is 2.25. The van der Waals surface area contributed by atoms with Crippen molar-refractivity contribution in [2.45, 2.75) is 24.0 Å². The fraction of sp³-hybridized carbons (Fsp3) is 0.294. The summed E-state index contributed by atoms with van der Waals surface area (Å²) in [6.45, 7) is 3.80. The molecule has 1 amide bonds. The van der Waals surface area contributed by atoms with Crippen LogP contribution in [0.25, 0.3) is 0 Å². The van der Waals surface area contributed by atoms with E-state index in [-0.39, 0.29) is 11.2 Å². The third-order valence-electron chi connectivity index (χ3n) is 3.37. The third-order valence-corrected chi connectivity index (χ3v) is 4.97. The van der Waals surface area contributed by atoms with E-state index >= 15 is 0 Å². The molecule has 6 heteroatoms. The van der Waals surface area contributed by atoms with Gasteiger partial charge in [-0.1, -0.05) is 13.8 Å². The van der Waals surface area contributed by atoms with Gasteiger partial charge in [0.1, 0.15) is 5.69 Å². The van der Waals surface area contributed by atoms with Crippen LogP contribution in [-0.4, -0.2) is 34.5 Å². The van der Waals surface area contributed by atoms with Gasteiger partial charge in [0, 0.05) is 29.0 Å². The molecule has 1 unspecified atom stereocenters. The number of benzene rings is 1. The maximum Gasteiger partial charge on any atom is 0.258 e. The zero-order valence-corrected chi connectivity index (χ0v) is 14.5. The van der Waals surface area contributed by atoms with Gasteiger partial charge in [-0.15, -0.1) is 0 Å². The first-order valence-corrected chi connectivity index (χ1v) is 8.44. The van der Waals surface area contributed by atoms with E-state index in [2.05, 4.69) is 4.98 Å². The van der Waals surface area contributed by atoms with Crippen molar-refractivity contribution in [2.24, 2.45) is 0 Å². The van der Waals surface area contributed by atoms with Gasteiger partial charge in [0.25, 0.3) is 5.91 Å². The van der Waals surface area contributed by atoms with Crippen LogP contribution in [0.2, 0.25) is 0 Å². The third kappa shape index (κ3) is 3.76. The fourth-order valence-electron chi connectivity index (χ4n) is 2.10. The summed E-state index contributed by atoms with van der Waals surface area (Å²) in [7, 11) is 2.12. The van der Waals surface area contributed by atoms with E-state index in [1.807, 2.05) is 13.8 Å². The molecule has 5 nitrogen and oxygen atoms in total. The second kappa shape index (κ2) is 7.37. The second-order valence-electron chi connectivity index (χ2n) is 5.27. The number of aromatic nitrogens is 1. The summed E-state index contributed by atoms with van der Waals surface area (Å²) < 4.78 is 17.2. The van der Waals surface area contributed by atoms with Gasteiger partial charge in [-0.2, -0.15) is 0 Å². The number of methoxy groups -OCH3 is 1. The molecule has 122 valence electrons. The van der Waals surface area contributed by atoms with E-state index in [1.165, 1.54) is 12.0 Å². The molecular weight excluding hydrogens is 312 g/mol. The summed E-state index contributed by atoms with van der Waals surface area (Å²) in [6.07, 6.45) is 1.61. The first kappa shape index (κ1) is 17.1. The maximum absolute atomic E-state index is 12.6. The average molecular weight is 332 g/mol. The standard InChI is InChI=1S/C17H20N2O3S/c1-12(2)23(21)14-9-7-13(8-10-14)17(20)19(3)15-6-5-11-18-16(15)22-4/h5-12H,1-4H3. The van der Waals surface area contributed by atoms with Crippen LogP contribution in [0.1, 0.15) is 24.2 Å². The van der Waals surface area contributed by atoms with E-state index in [0.717, 1.165) is 4.90 Å². The fourth-order valence-corrected chi connectivity index (χ4v) is 3.05. The topological polar surface area (TPSA) is 59.5 Å². The lowest BCUT2D eigenvalue weighted by Gasteiger charge is -2.19. The van der Waals surface area contributed by atoms with E-state index in [4.69, 9.17) is 4.74 Å². The van der Waals surface area contributed by atoms with Crippen molar-refractivity contribution < 1.29 is 13.7 Å². The van der Waals surface area contributed by atoms with Crippen LogP contribution >= 0.6 is 0 Å². The zero-order chi connectivity index (χ0) is 17.0. The van der Waals surface area contributed by atoms with Gasteiger partial charge in [0.05, 0.1) is 17.9 Å². The average Bonchev–Trinajstić information content (AvgIpc) is 2.59. The molecule has 2 aromatic rings. The molecule has 0 radical (unpaired) electrons. The second-order valence-corrected chi connectivity index (χ2v) is 7.28. The predicted molar refractivity (Wildman–Crippen MR) is 91.5 cm³/mol. The van der Waals surface area contributed by atoms with Gasteiger partial charge in [0.2, 0.25) is 5.88 Å². The van der Waals surface area contributed by atoms with Crippen molar-refractivity contribution in [3.05, 3.63) is 48.2 Å². The molecule has 23 heavy (non-hydrogen) atoms. The van der Waals surface area contributed by atoms with E-state index < -0.39 is 10.8 Å². The van der Waals surface area contributed by atoms with Gasteiger partial charge in [-0.3, -0.25) is 9.00 Å². The number of rotatable bonds is 5. The number of anilines is 1. The minimum atomic E-state index is -1.06. The number of ether oxygens (including phenoxy) is 1. The molecular formula is C17H20N2O3S. The first-order chi connectivity index (χ1) is 11.0. The Bertz CT molecular complexity index is 714. The summed E-state index contributed by atoms with van der Waals surface area (Å²) in [4.78, 5) is 18.9. The van der Waals surface area contributed by atoms with Crippen molar-refractivity contribution in [1.82, 2.24) is 4.98 Å². The maximum atomic E-state index is 12.6. The highest BCUT2D eigenvalue weighted by atomic mass is 32.2. The lowest BCUT2D eigenvalue weighted by atomic mass is 10.2. The lowest BCUT2D eigenvalue weighted by molar-refractivity contribution is 0.0992. The summed E-state index contributed by atoms with van der Waals surface area (Å²) in [5, 5.41) is 0.0406. The highest BCUT2D eigenvalue weighted by Gasteiger charge is 2.18. The summed E-state index contributed by atoms with van der Waals surface area (Å²) in [5.41, 5.74) is 1.11. The van der Waals surface area contributed by atoms with E-state index in [0.29, 0.717) is 17.1 Å². The Morgan fingerprint density at radius 1 is 1.22 bits per heavy atom. The van der Waals surface area contributed by atoms with Crippen LogP contribution < -0.4 is 9.64 Å². The summed E-state index contributed by atoms with van der Waals surface area (Å²) in [6, 6.07) is 10.4. The lowest BCUT2D eigenvalue weighted by Crippen LogP contribution is -2.26. The van der Waals surface area contributed by atoms with Gasteiger partial charge in [-0.05, 0) is 36.4 Å². The van der Waals surface area contributed by atoms with Crippen LogP contribution in [-0.2, 0) is 10.8 Å². The summed E-state index contributed by atoms with van der Waals surface area (Å²) in [5.74, 6) is 0.207. The molecule has 0 spiro atoms. The molecule has 2 rings (SSSR count).